The van der Waals surface area contributed by atoms with E-state index in [2.05, 4.69) is 21.2 Å². The van der Waals surface area contributed by atoms with Gasteiger partial charge in [0.1, 0.15) is 6.04 Å². The number of carbonyl (C=O) groups is 1. The van der Waals surface area contributed by atoms with Gasteiger partial charge in [-0.15, -0.1) is 0 Å². The molecule has 0 saturated heterocycles. The Kier molecular flexibility index (Phi) is 4.04. The second kappa shape index (κ2) is 5.38. The zero-order valence-corrected chi connectivity index (χ0v) is 11.9. The van der Waals surface area contributed by atoms with Gasteiger partial charge < -0.3 is 15.8 Å². The second-order valence-electron chi connectivity index (χ2n) is 4.64. The number of nitrogens with one attached hydrogen (secondary N) is 1. The molecule has 0 aromatic heterocycles. The van der Waals surface area contributed by atoms with E-state index >= 15 is 0 Å². The zero-order chi connectivity index (χ0) is 13.2. The van der Waals surface area contributed by atoms with Crippen molar-refractivity contribution >= 4 is 21.8 Å². The molecule has 0 spiro atoms. The van der Waals surface area contributed by atoms with Crippen molar-refractivity contribution in [3.05, 3.63) is 34.3 Å². The van der Waals surface area contributed by atoms with Crippen molar-refractivity contribution in [3.8, 4) is 0 Å². The highest BCUT2D eigenvalue weighted by molar-refractivity contribution is 9.10. The SMILES string of the molecule is COCC(N)C(=O)NC1(c2cccc(Br)c2)CC1. The molecule has 1 unspecified atom stereocenters. The third-order valence-corrected chi connectivity index (χ3v) is 3.67. The molecule has 98 valence electrons. The average Bonchev–Trinajstić information content (AvgIpc) is 3.10. The Morgan fingerprint density at radius 2 is 2.33 bits per heavy atom. The highest BCUT2D eigenvalue weighted by atomic mass is 79.9. The van der Waals surface area contributed by atoms with E-state index in [1.54, 1.807) is 0 Å². The lowest BCUT2D eigenvalue weighted by atomic mass is 10.0. The Balaban J connectivity index is 2.07. The van der Waals surface area contributed by atoms with E-state index in [4.69, 9.17) is 10.5 Å². The number of benzene rings is 1. The van der Waals surface area contributed by atoms with Gasteiger partial charge in [-0.05, 0) is 30.5 Å². The highest BCUT2D eigenvalue weighted by Crippen LogP contribution is 2.46. The maximum absolute atomic E-state index is 11.9. The van der Waals surface area contributed by atoms with E-state index in [9.17, 15) is 4.79 Å². The number of nitrogens with two attached hydrogens (primary N) is 1. The molecule has 3 N–H and O–H groups in total. The molecular weight excluding hydrogens is 296 g/mol. The van der Waals surface area contributed by atoms with Gasteiger partial charge in [0.2, 0.25) is 5.91 Å². The number of carbonyl (C=O) groups excluding carboxylic acids is 1. The number of halogens is 1. The van der Waals surface area contributed by atoms with Crippen molar-refractivity contribution in [2.75, 3.05) is 13.7 Å². The summed E-state index contributed by atoms with van der Waals surface area (Å²) < 4.78 is 5.91. The monoisotopic (exact) mass is 312 g/mol. The summed E-state index contributed by atoms with van der Waals surface area (Å²) in [4.78, 5) is 11.9. The number of methoxy groups -OCH3 is 1. The first-order valence-electron chi connectivity index (χ1n) is 5.90. The molecule has 1 saturated carbocycles. The third-order valence-electron chi connectivity index (χ3n) is 3.17. The summed E-state index contributed by atoms with van der Waals surface area (Å²) in [5.41, 5.74) is 6.61. The van der Waals surface area contributed by atoms with Crippen LogP contribution >= 0.6 is 15.9 Å². The molecule has 2 rings (SSSR count). The van der Waals surface area contributed by atoms with Crippen LogP contribution in [-0.4, -0.2) is 25.7 Å². The molecule has 1 aliphatic carbocycles. The maximum Gasteiger partial charge on any atom is 0.239 e. The molecule has 1 fully saturated rings. The quantitative estimate of drug-likeness (QED) is 0.866. The molecule has 4 nitrogen and oxygen atoms in total. The van der Waals surface area contributed by atoms with Crippen LogP contribution in [0.4, 0.5) is 0 Å². The normalized spacial score (nSPS) is 18.2. The molecule has 1 aromatic rings. The number of ether oxygens (including phenoxy) is 1. The lowest BCUT2D eigenvalue weighted by Crippen LogP contribution is -2.47. The summed E-state index contributed by atoms with van der Waals surface area (Å²) in [6, 6.07) is 7.40. The van der Waals surface area contributed by atoms with E-state index in [0.717, 1.165) is 22.9 Å². The van der Waals surface area contributed by atoms with Crippen molar-refractivity contribution in [1.29, 1.82) is 0 Å². The van der Waals surface area contributed by atoms with Gasteiger partial charge in [0.25, 0.3) is 0 Å². The number of rotatable bonds is 5. The minimum Gasteiger partial charge on any atom is -0.383 e. The lowest BCUT2D eigenvalue weighted by molar-refractivity contribution is -0.124. The van der Waals surface area contributed by atoms with Gasteiger partial charge >= 0.3 is 0 Å². The van der Waals surface area contributed by atoms with E-state index in [1.807, 2.05) is 24.3 Å². The van der Waals surface area contributed by atoms with Crippen LogP contribution in [0.1, 0.15) is 18.4 Å². The van der Waals surface area contributed by atoms with Crippen LogP contribution in [0.5, 0.6) is 0 Å². The first-order valence-corrected chi connectivity index (χ1v) is 6.69. The fraction of sp³-hybridized carbons (Fsp3) is 0.462. The van der Waals surface area contributed by atoms with Gasteiger partial charge in [0, 0.05) is 11.6 Å². The standard InChI is InChI=1S/C13H17BrN2O2/c1-18-8-11(15)12(17)16-13(5-6-13)9-3-2-4-10(14)7-9/h2-4,7,11H,5-6,8,15H2,1H3,(H,16,17). The molecule has 1 aromatic carbocycles. The summed E-state index contributed by atoms with van der Waals surface area (Å²) in [7, 11) is 1.54. The third kappa shape index (κ3) is 2.91. The Morgan fingerprint density at radius 3 is 2.89 bits per heavy atom. The molecule has 0 heterocycles. The maximum atomic E-state index is 11.9. The van der Waals surface area contributed by atoms with Gasteiger partial charge in [-0.25, -0.2) is 0 Å². The molecule has 1 atom stereocenters. The first kappa shape index (κ1) is 13.5. The molecule has 1 aliphatic rings. The number of hydrogen-bond acceptors (Lipinski definition) is 3. The largest absolute Gasteiger partial charge is 0.383 e. The van der Waals surface area contributed by atoms with Gasteiger partial charge in [0.15, 0.2) is 0 Å². The molecule has 1 amide bonds. The summed E-state index contributed by atoms with van der Waals surface area (Å²) >= 11 is 3.45. The minimum atomic E-state index is -0.611. The van der Waals surface area contributed by atoms with Crippen LogP contribution in [0.2, 0.25) is 0 Å². The smallest absolute Gasteiger partial charge is 0.239 e. The van der Waals surface area contributed by atoms with Gasteiger partial charge in [-0.1, -0.05) is 28.1 Å². The summed E-state index contributed by atoms with van der Waals surface area (Å²) in [5, 5.41) is 3.03. The van der Waals surface area contributed by atoms with Crippen LogP contribution in [0.15, 0.2) is 28.7 Å². The Labute approximate surface area is 115 Å². The predicted molar refractivity (Wildman–Crippen MR) is 73.0 cm³/mol. The Morgan fingerprint density at radius 1 is 1.61 bits per heavy atom. The summed E-state index contributed by atoms with van der Waals surface area (Å²) in [5.74, 6) is -0.158. The van der Waals surface area contributed by atoms with Crippen molar-refractivity contribution in [1.82, 2.24) is 5.32 Å². The van der Waals surface area contributed by atoms with Crippen molar-refractivity contribution in [3.63, 3.8) is 0 Å². The lowest BCUT2D eigenvalue weighted by Gasteiger charge is -2.20. The Hall–Kier alpha value is -0.910. The second-order valence-corrected chi connectivity index (χ2v) is 5.56. The summed E-state index contributed by atoms with van der Waals surface area (Å²) in [6.45, 7) is 0.237. The number of amides is 1. The van der Waals surface area contributed by atoms with Gasteiger partial charge in [-0.2, -0.15) is 0 Å². The van der Waals surface area contributed by atoms with Crippen molar-refractivity contribution in [2.24, 2.45) is 5.73 Å². The van der Waals surface area contributed by atoms with E-state index in [0.29, 0.717) is 0 Å². The zero-order valence-electron chi connectivity index (χ0n) is 10.3. The van der Waals surface area contributed by atoms with Crippen LogP contribution in [-0.2, 0) is 15.1 Å². The topological polar surface area (TPSA) is 64.3 Å². The van der Waals surface area contributed by atoms with E-state index < -0.39 is 6.04 Å². The van der Waals surface area contributed by atoms with E-state index in [-0.39, 0.29) is 18.1 Å². The van der Waals surface area contributed by atoms with E-state index in [1.165, 1.54) is 7.11 Å². The fourth-order valence-corrected chi connectivity index (χ4v) is 2.38. The number of hydrogen-bond donors (Lipinski definition) is 2. The molecule has 18 heavy (non-hydrogen) atoms. The average molecular weight is 313 g/mol. The molecule has 0 aliphatic heterocycles. The fourth-order valence-electron chi connectivity index (χ4n) is 1.98. The van der Waals surface area contributed by atoms with Crippen LogP contribution in [0.3, 0.4) is 0 Å². The first-order chi connectivity index (χ1) is 8.57. The van der Waals surface area contributed by atoms with Crippen LogP contribution in [0.25, 0.3) is 0 Å². The summed E-state index contributed by atoms with van der Waals surface area (Å²) in [6.07, 6.45) is 1.91. The van der Waals surface area contributed by atoms with Crippen LogP contribution in [0, 0.1) is 0 Å². The van der Waals surface area contributed by atoms with Gasteiger partial charge in [-0.3, -0.25) is 4.79 Å². The van der Waals surface area contributed by atoms with Crippen molar-refractivity contribution in [2.45, 2.75) is 24.4 Å². The molecule has 0 radical (unpaired) electrons. The minimum absolute atomic E-state index is 0.158. The highest BCUT2D eigenvalue weighted by Gasteiger charge is 2.46. The predicted octanol–water partition coefficient (Wildman–Crippen LogP) is 1.53. The van der Waals surface area contributed by atoms with Crippen molar-refractivity contribution < 1.29 is 9.53 Å². The molecule has 0 bridgehead atoms. The van der Waals surface area contributed by atoms with Gasteiger partial charge in [0.05, 0.1) is 12.1 Å². The molecule has 5 heteroatoms. The molecular formula is C13H17BrN2O2. The Bertz CT molecular complexity index is 446. The van der Waals surface area contributed by atoms with Crippen LogP contribution < -0.4 is 11.1 Å².